The molecule has 0 aliphatic rings. The lowest BCUT2D eigenvalue weighted by atomic mass is 10.2. The fourth-order valence-corrected chi connectivity index (χ4v) is 1.80. The number of alkyl halides is 3. The molecule has 154 valence electrons. The van der Waals surface area contributed by atoms with Gasteiger partial charge in [0.1, 0.15) is 6.54 Å². The third kappa shape index (κ3) is 8.92. The highest BCUT2D eigenvalue weighted by Gasteiger charge is 2.28. The van der Waals surface area contributed by atoms with Gasteiger partial charge in [0.2, 0.25) is 0 Å². The van der Waals surface area contributed by atoms with Crippen LogP contribution in [0.25, 0.3) is 6.08 Å². The molecule has 1 aromatic carbocycles. The van der Waals surface area contributed by atoms with Crippen LogP contribution in [0, 0.1) is 0 Å². The summed E-state index contributed by atoms with van der Waals surface area (Å²) in [4.78, 5) is 34.0. The molecular formula is C17H19F3N2O6. The molecule has 8 nitrogen and oxygen atoms in total. The highest BCUT2D eigenvalue weighted by atomic mass is 19.4. The first kappa shape index (κ1) is 22.8. The molecule has 1 rings (SSSR count). The van der Waals surface area contributed by atoms with Gasteiger partial charge in [0, 0.05) is 6.08 Å². The Hall–Kier alpha value is -3.24. The van der Waals surface area contributed by atoms with E-state index in [1.54, 1.807) is 23.5 Å². The van der Waals surface area contributed by atoms with Gasteiger partial charge in [0.15, 0.2) is 18.1 Å². The Balaban J connectivity index is 2.47. The lowest BCUT2D eigenvalue weighted by Crippen LogP contribution is -2.44. The average Bonchev–Trinajstić information content (AvgIpc) is 2.63. The number of ether oxygens (including phenoxy) is 3. The Labute approximate surface area is 158 Å². The maximum absolute atomic E-state index is 11.9. The summed E-state index contributed by atoms with van der Waals surface area (Å²) in [6.45, 7) is -0.164. The SMILES string of the molecule is CCOc1ccc(/C=C/C(=O)OCC(=O)NC(=O)NCC(F)(F)F)cc1OC. The second-order valence-corrected chi connectivity index (χ2v) is 5.13. The van der Waals surface area contributed by atoms with Crippen LogP contribution in [-0.4, -0.2) is 51.0 Å². The zero-order chi connectivity index (χ0) is 21.2. The van der Waals surface area contributed by atoms with Crippen LogP contribution >= 0.6 is 0 Å². The zero-order valence-electron chi connectivity index (χ0n) is 15.1. The van der Waals surface area contributed by atoms with E-state index >= 15 is 0 Å². The molecule has 28 heavy (non-hydrogen) atoms. The van der Waals surface area contributed by atoms with Gasteiger partial charge in [-0.05, 0) is 30.7 Å². The topological polar surface area (TPSA) is 103 Å². The normalized spacial score (nSPS) is 11.0. The van der Waals surface area contributed by atoms with E-state index in [9.17, 15) is 27.6 Å². The van der Waals surface area contributed by atoms with E-state index in [0.29, 0.717) is 23.7 Å². The molecule has 2 N–H and O–H groups in total. The number of esters is 1. The van der Waals surface area contributed by atoms with Gasteiger partial charge in [-0.2, -0.15) is 13.2 Å². The number of carbonyl (C=O) groups excluding carboxylic acids is 3. The molecule has 0 fully saturated rings. The Morgan fingerprint density at radius 2 is 1.89 bits per heavy atom. The van der Waals surface area contributed by atoms with Crippen molar-refractivity contribution in [3.63, 3.8) is 0 Å². The number of benzene rings is 1. The fourth-order valence-electron chi connectivity index (χ4n) is 1.80. The zero-order valence-corrected chi connectivity index (χ0v) is 15.1. The molecule has 0 heterocycles. The predicted octanol–water partition coefficient (Wildman–Crippen LogP) is 2.04. The van der Waals surface area contributed by atoms with Gasteiger partial charge in [0.25, 0.3) is 5.91 Å². The van der Waals surface area contributed by atoms with Crippen molar-refractivity contribution in [3.05, 3.63) is 29.8 Å². The van der Waals surface area contributed by atoms with Crippen molar-refractivity contribution in [3.8, 4) is 11.5 Å². The maximum atomic E-state index is 11.9. The Kier molecular flexibility index (Phi) is 8.79. The molecule has 0 aromatic heterocycles. The number of carbonyl (C=O) groups is 3. The second kappa shape index (κ2) is 10.8. The lowest BCUT2D eigenvalue weighted by Gasteiger charge is -2.09. The van der Waals surface area contributed by atoms with Gasteiger partial charge < -0.3 is 19.5 Å². The smallest absolute Gasteiger partial charge is 0.405 e. The van der Waals surface area contributed by atoms with E-state index < -0.39 is 37.2 Å². The van der Waals surface area contributed by atoms with Crippen molar-refractivity contribution >= 4 is 24.0 Å². The van der Waals surface area contributed by atoms with E-state index in [1.807, 2.05) is 6.92 Å². The molecule has 0 radical (unpaired) electrons. The van der Waals surface area contributed by atoms with Crippen molar-refractivity contribution < 1.29 is 41.8 Å². The average molecular weight is 404 g/mol. The number of hydrogen-bond acceptors (Lipinski definition) is 6. The first-order valence-corrected chi connectivity index (χ1v) is 7.94. The summed E-state index contributed by atoms with van der Waals surface area (Å²) in [5.41, 5.74) is 0.591. The van der Waals surface area contributed by atoms with E-state index in [1.165, 1.54) is 18.5 Å². The molecular weight excluding hydrogens is 385 g/mol. The number of methoxy groups -OCH3 is 1. The molecule has 0 atom stereocenters. The third-order valence-corrected chi connectivity index (χ3v) is 2.95. The van der Waals surface area contributed by atoms with E-state index in [4.69, 9.17) is 9.47 Å². The molecule has 0 saturated carbocycles. The molecule has 0 aliphatic heterocycles. The highest BCUT2D eigenvalue weighted by molar-refractivity contribution is 5.96. The number of amides is 3. The lowest BCUT2D eigenvalue weighted by molar-refractivity contribution is -0.143. The molecule has 1 aromatic rings. The van der Waals surface area contributed by atoms with Crippen molar-refractivity contribution in [2.45, 2.75) is 13.1 Å². The van der Waals surface area contributed by atoms with Crippen LogP contribution in [0.4, 0.5) is 18.0 Å². The van der Waals surface area contributed by atoms with Gasteiger partial charge in [0.05, 0.1) is 13.7 Å². The number of hydrogen-bond donors (Lipinski definition) is 2. The van der Waals surface area contributed by atoms with E-state index in [-0.39, 0.29) is 0 Å². The summed E-state index contributed by atoms with van der Waals surface area (Å²) in [6.07, 6.45) is -2.18. The molecule has 11 heteroatoms. The minimum atomic E-state index is -4.61. The highest BCUT2D eigenvalue weighted by Crippen LogP contribution is 2.28. The standard InChI is InChI=1S/C17H19F3N2O6/c1-3-27-12-6-4-11(8-13(12)26-2)5-7-15(24)28-9-14(23)22-16(25)21-10-17(18,19)20/h4-8H,3,9-10H2,1-2H3,(H2,21,22,23,25)/b7-5+. The van der Waals surface area contributed by atoms with Crippen LogP contribution in [0.3, 0.4) is 0 Å². The van der Waals surface area contributed by atoms with Crippen LogP contribution in [0.2, 0.25) is 0 Å². The number of halogens is 3. The molecule has 0 spiro atoms. The predicted molar refractivity (Wildman–Crippen MR) is 91.8 cm³/mol. The molecule has 0 bridgehead atoms. The van der Waals surface area contributed by atoms with Gasteiger partial charge in [-0.3, -0.25) is 10.1 Å². The van der Waals surface area contributed by atoms with E-state index in [2.05, 4.69) is 4.74 Å². The van der Waals surface area contributed by atoms with Gasteiger partial charge in [-0.15, -0.1) is 0 Å². The quantitative estimate of drug-likeness (QED) is 0.508. The van der Waals surface area contributed by atoms with Crippen LogP contribution in [0.5, 0.6) is 11.5 Å². The largest absolute Gasteiger partial charge is 0.493 e. The first-order valence-electron chi connectivity index (χ1n) is 7.94. The molecule has 3 amide bonds. The number of imide groups is 1. The van der Waals surface area contributed by atoms with Gasteiger partial charge >= 0.3 is 18.2 Å². The fraction of sp³-hybridized carbons (Fsp3) is 0.353. The minimum Gasteiger partial charge on any atom is -0.493 e. The van der Waals surface area contributed by atoms with Crippen LogP contribution in [-0.2, 0) is 14.3 Å². The van der Waals surface area contributed by atoms with Crippen molar-refractivity contribution in [1.82, 2.24) is 10.6 Å². The van der Waals surface area contributed by atoms with Crippen LogP contribution in [0.1, 0.15) is 12.5 Å². The van der Waals surface area contributed by atoms with Crippen LogP contribution in [0.15, 0.2) is 24.3 Å². The van der Waals surface area contributed by atoms with E-state index in [0.717, 1.165) is 6.08 Å². The maximum Gasteiger partial charge on any atom is 0.405 e. The van der Waals surface area contributed by atoms with Gasteiger partial charge in [-0.25, -0.2) is 9.59 Å². The number of nitrogens with one attached hydrogen (secondary N) is 2. The summed E-state index contributed by atoms with van der Waals surface area (Å²) < 4.78 is 50.9. The van der Waals surface area contributed by atoms with Crippen molar-refractivity contribution in [2.75, 3.05) is 26.9 Å². The molecule has 0 saturated heterocycles. The van der Waals surface area contributed by atoms with Crippen molar-refractivity contribution in [1.29, 1.82) is 0 Å². The summed E-state index contributed by atoms with van der Waals surface area (Å²) in [7, 11) is 1.46. The number of rotatable bonds is 8. The Morgan fingerprint density at radius 3 is 2.50 bits per heavy atom. The van der Waals surface area contributed by atoms with Gasteiger partial charge in [-0.1, -0.05) is 6.07 Å². The summed E-state index contributed by atoms with van der Waals surface area (Å²) in [5.74, 6) is -0.977. The molecule has 0 aliphatic carbocycles. The Morgan fingerprint density at radius 1 is 1.18 bits per heavy atom. The minimum absolute atomic E-state index is 0.453. The first-order chi connectivity index (χ1) is 13.1. The summed E-state index contributed by atoms with van der Waals surface area (Å²) in [5, 5.41) is 3.03. The van der Waals surface area contributed by atoms with Crippen molar-refractivity contribution in [2.24, 2.45) is 0 Å². The number of urea groups is 1. The molecule has 0 unspecified atom stereocenters. The second-order valence-electron chi connectivity index (χ2n) is 5.13. The van der Waals surface area contributed by atoms with Crippen LogP contribution < -0.4 is 20.1 Å². The Bertz CT molecular complexity index is 734. The third-order valence-electron chi connectivity index (χ3n) is 2.95. The summed E-state index contributed by atoms with van der Waals surface area (Å²) in [6, 6.07) is 3.58. The monoisotopic (exact) mass is 404 g/mol. The summed E-state index contributed by atoms with van der Waals surface area (Å²) >= 11 is 0.